The summed E-state index contributed by atoms with van der Waals surface area (Å²) in [4.78, 5) is 12.8. The van der Waals surface area contributed by atoms with Crippen LogP contribution in [0.15, 0.2) is 29.2 Å². The van der Waals surface area contributed by atoms with Crippen molar-refractivity contribution >= 4 is 17.7 Å². The van der Waals surface area contributed by atoms with Crippen LogP contribution in [0.1, 0.15) is 45.7 Å². The van der Waals surface area contributed by atoms with Gasteiger partial charge in [-0.2, -0.15) is 0 Å². The van der Waals surface area contributed by atoms with Crippen LogP contribution < -0.4 is 10.6 Å². The molecule has 4 heteroatoms. The second-order valence-corrected chi connectivity index (χ2v) is 6.78. The molecule has 0 saturated heterocycles. The summed E-state index contributed by atoms with van der Waals surface area (Å²) in [7, 11) is 0. The van der Waals surface area contributed by atoms with Gasteiger partial charge in [-0.15, -0.1) is 11.8 Å². The molecule has 1 rings (SSSR count). The molecular weight excluding hydrogens is 280 g/mol. The molecule has 1 aromatic rings. The van der Waals surface area contributed by atoms with E-state index in [-0.39, 0.29) is 5.91 Å². The molecule has 0 aliphatic rings. The van der Waals surface area contributed by atoms with Crippen molar-refractivity contribution in [3.8, 4) is 0 Å². The van der Waals surface area contributed by atoms with E-state index in [1.807, 2.05) is 0 Å². The highest BCUT2D eigenvalue weighted by Crippen LogP contribution is 2.21. The van der Waals surface area contributed by atoms with E-state index in [4.69, 9.17) is 0 Å². The number of amides is 1. The Morgan fingerprint density at radius 3 is 2.43 bits per heavy atom. The minimum Gasteiger partial charge on any atom is -0.355 e. The molecule has 1 aromatic carbocycles. The van der Waals surface area contributed by atoms with Crippen LogP contribution in [-0.2, 0) is 4.79 Å². The quantitative estimate of drug-likeness (QED) is 0.685. The zero-order valence-electron chi connectivity index (χ0n) is 13.6. The molecule has 0 aliphatic heterocycles. The standard InChI is InChI=1S/C17H28N2OS/c1-5-10-18-14(4)15-6-8-16(9-7-15)21-12-17(20)19-11-13(2)3/h6-9,13-14,18H,5,10-12H2,1-4H3,(H,19,20). The van der Waals surface area contributed by atoms with Gasteiger partial charge in [0.2, 0.25) is 5.91 Å². The fourth-order valence-corrected chi connectivity index (χ4v) is 2.58. The van der Waals surface area contributed by atoms with E-state index >= 15 is 0 Å². The summed E-state index contributed by atoms with van der Waals surface area (Å²) in [5.41, 5.74) is 1.29. The van der Waals surface area contributed by atoms with Crippen molar-refractivity contribution in [1.82, 2.24) is 10.6 Å². The molecule has 0 bridgehead atoms. The lowest BCUT2D eigenvalue weighted by Gasteiger charge is -2.14. The highest BCUT2D eigenvalue weighted by Gasteiger charge is 2.06. The molecule has 118 valence electrons. The number of nitrogens with one attached hydrogen (secondary N) is 2. The van der Waals surface area contributed by atoms with Crippen molar-refractivity contribution in [2.24, 2.45) is 5.92 Å². The second-order valence-electron chi connectivity index (χ2n) is 5.73. The van der Waals surface area contributed by atoms with Gasteiger partial charge in [0.05, 0.1) is 5.75 Å². The van der Waals surface area contributed by atoms with Gasteiger partial charge >= 0.3 is 0 Å². The van der Waals surface area contributed by atoms with E-state index in [9.17, 15) is 4.79 Å². The van der Waals surface area contributed by atoms with Gasteiger partial charge in [-0.05, 0) is 43.5 Å². The summed E-state index contributed by atoms with van der Waals surface area (Å²) >= 11 is 1.59. The van der Waals surface area contributed by atoms with Crippen LogP contribution in [0.4, 0.5) is 0 Å². The lowest BCUT2D eigenvalue weighted by atomic mass is 10.1. The van der Waals surface area contributed by atoms with Crippen molar-refractivity contribution in [1.29, 1.82) is 0 Å². The van der Waals surface area contributed by atoms with Gasteiger partial charge in [-0.3, -0.25) is 4.79 Å². The van der Waals surface area contributed by atoms with Crippen LogP contribution in [0.25, 0.3) is 0 Å². The minimum atomic E-state index is 0.107. The van der Waals surface area contributed by atoms with E-state index in [1.165, 1.54) is 5.56 Å². The summed E-state index contributed by atoms with van der Waals surface area (Å²) in [6, 6.07) is 8.85. The second kappa shape index (κ2) is 9.85. The Hall–Kier alpha value is -1.00. The maximum Gasteiger partial charge on any atom is 0.230 e. The van der Waals surface area contributed by atoms with E-state index in [0.29, 0.717) is 17.7 Å². The summed E-state index contributed by atoms with van der Waals surface area (Å²) in [6.07, 6.45) is 1.14. The SMILES string of the molecule is CCCNC(C)c1ccc(SCC(=O)NCC(C)C)cc1. The van der Waals surface area contributed by atoms with E-state index in [2.05, 4.69) is 62.6 Å². The molecule has 1 atom stereocenters. The van der Waals surface area contributed by atoms with Gasteiger partial charge in [0.25, 0.3) is 0 Å². The first-order valence-corrected chi connectivity index (χ1v) is 8.74. The van der Waals surface area contributed by atoms with Crippen molar-refractivity contribution in [3.63, 3.8) is 0 Å². The topological polar surface area (TPSA) is 41.1 Å². The monoisotopic (exact) mass is 308 g/mol. The summed E-state index contributed by atoms with van der Waals surface area (Å²) in [5, 5.41) is 6.41. The Kier molecular flexibility index (Phi) is 8.47. The molecule has 3 nitrogen and oxygen atoms in total. The number of carbonyl (C=O) groups is 1. The molecule has 1 amide bonds. The smallest absolute Gasteiger partial charge is 0.230 e. The molecule has 0 heterocycles. The van der Waals surface area contributed by atoms with E-state index in [1.54, 1.807) is 11.8 Å². The predicted molar refractivity (Wildman–Crippen MR) is 91.7 cm³/mol. The zero-order valence-corrected chi connectivity index (χ0v) is 14.4. The summed E-state index contributed by atoms with van der Waals surface area (Å²) in [6.45, 7) is 10.3. The first-order chi connectivity index (χ1) is 10.0. The lowest BCUT2D eigenvalue weighted by molar-refractivity contribution is -0.118. The number of hydrogen-bond donors (Lipinski definition) is 2. The van der Waals surface area contributed by atoms with Crippen molar-refractivity contribution < 1.29 is 4.79 Å². The van der Waals surface area contributed by atoms with Crippen molar-refractivity contribution in [3.05, 3.63) is 29.8 Å². The summed E-state index contributed by atoms with van der Waals surface area (Å²) < 4.78 is 0. The van der Waals surface area contributed by atoms with Crippen molar-refractivity contribution in [2.45, 2.75) is 45.1 Å². The fourth-order valence-electron chi connectivity index (χ4n) is 1.85. The van der Waals surface area contributed by atoms with Crippen LogP contribution in [0, 0.1) is 5.92 Å². The number of carbonyl (C=O) groups excluding carboxylic acids is 1. The Labute approximate surface area is 133 Å². The van der Waals surface area contributed by atoms with Crippen LogP contribution in [0.3, 0.4) is 0 Å². The van der Waals surface area contributed by atoms with Gasteiger partial charge < -0.3 is 10.6 Å². The number of rotatable bonds is 9. The number of benzene rings is 1. The number of hydrogen-bond acceptors (Lipinski definition) is 3. The Balaban J connectivity index is 2.38. The molecule has 21 heavy (non-hydrogen) atoms. The van der Waals surface area contributed by atoms with Gasteiger partial charge in [0.1, 0.15) is 0 Å². The average Bonchev–Trinajstić information content (AvgIpc) is 2.49. The Morgan fingerprint density at radius 1 is 1.19 bits per heavy atom. The molecule has 2 N–H and O–H groups in total. The first-order valence-electron chi connectivity index (χ1n) is 7.75. The molecule has 0 aromatic heterocycles. The van der Waals surface area contributed by atoms with E-state index < -0.39 is 0 Å². The maximum atomic E-state index is 11.7. The van der Waals surface area contributed by atoms with Crippen LogP contribution in [0.5, 0.6) is 0 Å². The highest BCUT2D eigenvalue weighted by atomic mass is 32.2. The van der Waals surface area contributed by atoms with Gasteiger partial charge in [-0.25, -0.2) is 0 Å². The molecule has 0 saturated carbocycles. The van der Waals surface area contributed by atoms with Crippen LogP contribution >= 0.6 is 11.8 Å². The Bertz CT molecular complexity index is 417. The maximum absolute atomic E-state index is 11.7. The third-order valence-corrected chi connectivity index (χ3v) is 4.17. The highest BCUT2D eigenvalue weighted by molar-refractivity contribution is 8.00. The third-order valence-electron chi connectivity index (χ3n) is 3.16. The molecule has 0 radical (unpaired) electrons. The largest absolute Gasteiger partial charge is 0.355 e. The lowest BCUT2D eigenvalue weighted by Crippen LogP contribution is -2.28. The Morgan fingerprint density at radius 2 is 1.86 bits per heavy atom. The fraction of sp³-hybridized carbons (Fsp3) is 0.588. The normalized spacial score (nSPS) is 12.4. The minimum absolute atomic E-state index is 0.107. The van der Waals surface area contributed by atoms with Gasteiger partial charge in [-0.1, -0.05) is 32.9 Å². The van der Waals surface area contributed by atoms with Crippen LogP contribution in [-0.4, -0.2) is 24.7 Å². The van der Waals surface area contributed by atoms with Crippen molar-refractivity contribution in [2.75, 3.05) is 18.8 Å². The van der Waals surface area contributed by atoms with E-state index in [0.717, 1.165) is 24.4 Å². The summed E-state index contributed by atoms with van der Waals surface area (Å²) in [5.74, 6) is 1.08. The molecule has 0 aliphatic carbocycles. The third kappa shape index (κ3) is 7.53. The predicted octanol–water partition coefficient (Wildman–Crippen LogP) is 3.61. The average molecular weight is 308 g/mol. The first kappa shape index (κ1) is 18.1. The molecule has 0 fully saturated rings. The number of thioether (sulfide) groups is 1. The zero-order chi connectivity index (χ0) is 15.7. The molecule has 0 spiro atoms. The molecule has 1 unspecified atom stereocenters. The van der Waals surface area contributed by atoms with Gasteiger partial charge in [0.15, 0.2) is 0 Å². The molecular formula is C17H28N2OS. The van der Waals surface area contributed by atoms with Crippen LogP contribution in [0.2, 0.25) is 0 Å². The van der Waals surface area contributed by atoms with Gasteiger partial charge in [0, 0.05) is 17.5 Å².